The third-order valence-corrected chi connectivity index (χ3v) is 2.16. The minimum atomic E-state index is -1.16. The molecule has 88 valence electrons. The fourth-order valence-corrected chi connectivity index (χ4v) is 1.41. The first kappa shape index (κ1) is 11.1. The summed E-state index contributed by atoms with van der Waals surface area (Å²) in [6.45, 7) is -0.347. The summed E-state index contributed by atoms with van der Waals surface area (Å²) in [4.78, 5) is 15.0. The molecule has 0 aliphatic carbocycles. The maximum Gasteiger partial charge on any atom is 0.354 e. The van der Waals surface area contributed by atoms with E-state index in [4.69, 9.17) is 15.9 Å². The van der Waals surface area contributed by atoms with E-state index >= 15 is 0 Å². The summed E-state index contributed by atoms with van der Waals surface area (Å²) in [6, 6.07) is 4.50. The molecule has 0 unspecified atom stereocenters. The summed E-state index contributed by atoms with van der Waals surface area (Å²) in [5, 5.41) is 21.9. The number of aromatic carboxylic acids is 1. The molecule has 0 saturated carbocycles. The molecule has 2 heterocycles. The highest BCUT2D eigenvalue weighted by Gasteiger charge is 2.17. The third kappa shape index (κ3) is 1.95. The van der Waals surface area contributed by atoms with Crippen molar-refractivity contribution in [3.8, 4) is 5.82 Å². The first-order valence-corrected chi connectivity index (χ1v) is 4.77. The van der Waals surface area contributed by atoms with Gasteiger partial charge in [-0.25, -0.2) is 14.5 Å². The predicted molar refractivity (Wildman–Crippen MR) is 58.7 cm³/mol. The molecule has 7 heteroatoms. The lowest BCUT2D eigenvalue weighted by Crippen LogP contribution is -2.11. The van der Waals surface area contributed by atoms with Crippen LogP contribution in [0.25, 0.3) is 5.82 Å². The first-order valence-electron chi connectivity index (χ1n) is 4.77. The number of aromatic nitrogens is 3. The largest absolute Gasteiger partial charge is 0.477 e. The van der Waals surface area contributed by atoms with E-state index in [1.54, 1.807) is 12.1 Å². The number of pyridine rings is 1. The van der Waals surface area contributed by atoms with Crippen molar-refractivity contribution in [1.82, 2.24) is 14.8 Å². The molecule has 0 saturated heterocycles. The van der Waals surface area contributed by atoms with Crippen molar-refractivity contribution >= 4 is 11.7 Å². The molecular weight excluding hydrogens is 224 g/mol. The Labute approximate surface area is 96.1 Å². The van der Waals surface area contributed by atoms with Gasteiger partial charge in [0.1, 0.15) is 0 Å². The van der Waals surface area contributed by atoms with Gasteiger partial charge in [-0.05, 0) is 18.2 Å². The minimum Gasteiger partial charge on any atom is -0.477 e. The summed E-state index contributed by atoms with van der Waals surface area (Å²) >= 11 is 0. The maximum absolute atomic E-state index is 11.0. The quantitative estimate of drug-likeness (QED) is 0.690. The van der Waals surface area contributed by atoms with Crippen molar-refractivity contribution in [3.63, 3.8) is 0 Å². The smallest absolute Gasteiger partial charge is 0.354 e. The van der Waals surface area contributed by atoms with E-state index in [-0.39, 0.29) is 23.8 Å². The zero-order valence-corrected chi connectivity index (χ0v) is 8.74. The molecule has 0 atom stereocenters. The van der Waals surface area contributed by atoms with Crippen LogP contribution in [0.15, 0.2) is 24.4 Å². The molecule has 0 aromatic carbocycles. The molecule has 0 radical (unpaired) electrons. The summed E-state index contributed by atoms with van der Waals surface area (Å²) in [7, 11) is 0. The van der Waals surface area contributed by atoms with Gasteiger partial charge in [0.2, 0.25) is 0 Å². The fraction of sp³-hybridized carbons (Fsp3) is 0.100. The van der Waals surface area contributed by atoms with E-state index in [2.05, 4.69) is 10.1 Å². The van der Waals surface area contributed by atoms with E-state index in [0.29, 0.717) is 5.69 Å². The Kier molecular flexibility index (Phi) is 2.75. The lowest BCUT2D eigenvalue weighted by Gasteiger charge is -2.05. The van der Waals surface area contributed by atoms with Gasteiger partial charge in [0.25, 0.3) is 0 Å². The Bertz CT molecular complexity index is 564. The Morgan fingerprint density at radius 2 is 2.29 bits per heavy atom. The van der Waals surface area contributed by atoms with Crippen molar-refractivity contribution in [2.24, 2.45) is 0 Å². The molecule has 4 N–H and O–H groups in total. The molecule has 0 fully saturated rings. The number of carboxylic acid groups (broad SMARTS) is 1. The topological polar surface area (TPSA) is 114 Å². The predicted octanol–water partition coefficient (Wildman–Crippen LogP) is 0.0400. The van der Waals surface area contributed by atoms with Gasteiger partial charge < -0.3 is 15.9 Å². The van der Waals surface area contributed by atoms with E-state index in [9.17, 15) is 4.79 Å². The molecule has 7 nitrogen and oxygen atoms in total. The normalized spacial score (nSPS) is 10.4. The lowest BCUT2D eigenvalue weighted by atomic mass is 10.3. The molecule has 17 heavy (non-hydrogen) atoms. The minimum absolute atomic E-state index is 0.0977. The molecule has 2 aromatic heterocycles. The molecule has 0 spiro atoms. The number of nitrogen functional groups attached to an aromatic ring is 1. The van der Waals surface area contributed by atoms with Gasteiger partial charge in [0.15, 0.2) is 11.5 Å². The van der Waals surface area contributed by atoms with Crippen LogP contribution in [0, 0.1) is 0 Å². The van der Waals surface area contributed by atoms with Crippen LogP contribution >= 0.6 is 0 Å². The summed E-state index contributed by atoms with van der Waals surface area (Å²) in [5.41, 5.74) is 6.15. The van der Waals surface area contributed by atoms with Crippen LogP contribution in [0.2, 0.25) is 0 Å². The molecule has 0 aliphatic rings. The van der Waals surface area contributed by atoms with Crippen molar-refractivity contribution in [3.05, 3.63) is 35.8 Å². The van der Waals surface area contributed by atoms with Gasteiger partial charge in [0, 0.05) is 6.20 Å². The average Bonchev–Trinajstić information content (AvgIpc) is 2.73. The fourth-order valence-electron chi connectivity index (χ4n) is 1.41. The average molecular weight is 234 g/mol. The molecular formula is C10H10N4O3. The highest BCUT2D eigenvalue weighted by Crippen LogP contribution is 2.16. The number of rotatable bonds is 3. The van der Waals surface area contributed by atoms with Crippen LogP contribution in [-0.4, -0.2) is 30.9 Å². The number of nitrogens with zero attached hydrogens (tertiary/aromatic N) is 3. The van der Waals surface area contributed by atoms with Crippen LogP contribution in [0.5, 0.6) is 0 Å². The number of anilines is 1. The number of aliphatic hydroxyl groups is 1. The van der Waals surface area contributed by atoms with Crippen LogP contribution in [0.1, 0.15) is 16.2 Å². The Hall–Kier alpha value is -2.41. The van der Waals surface area contributed by atoms with Gasteiger partial charge in [-0.2, -0.15) is 5.10 Å². The molecule has 0 aliphatic heterocycles. The lowest BCUT2D eigenvalue weighted by molar-refractivity contribution is 0.0687. The molecule has 0 bridgehead atoms. The summed E-state index contributed by atoms with van der Waals surface area (Å²) < 4.78 is 1.10. The van der Waals surface area contributed by atoms with Crippen molar-refractivity contribution in [2.75, 3.05) is 5.73 Å². The van der Waals surface area contributed by atoms with E-state index in [1.165, 1.54) is 12.3 Å². The monoisotopic (exact) mass is 234 g/mol. The number of aliphatic hydroxyl groups excluding tert-OH is 1. The third-order valence-electron chi connectivity index (χ3n) is 2.16. The summed E-state index contributed by atoms with van der Waals surface area (Å²) in [5.74, 6) is -0.938. The van der Waals surface area contributed by atoms with Gasteiger partial charge in [-0.3, -0.25) is 0 Å². The van der Waals surface area contributed by atoms with E-state index in [1.807, 2.05) is 0 Å². The molecule has 2 aromatic rings. The second-order valence-corrected chi connectivity index (χ2v) is 3.31. The molecule has 0 amide bonds. The number of nitrogens with two attached hydrogens (primary N) is 1. The zero-order chi connectivity index (χ0) is 12.4. The van der Waals surface area contributed by atoms with Crippen LogP contribution in [-0.2, 0) is 6.61 Å². The standard InChI is InChI=1S/C10H10N4O3/c11-7-2-1-3-12-9(7)14-8(10(16)17)4-6(5-15)13-14/h1-4,15H,5,11H2,(H,16,17). The number of carboxylic acids is 1. The second-order valence-electron chi connectivity index (χ2n) is 3.31. The van der Waals surface area contributed by atoms with Gasteiger partial charge in [0.05, 0.1) is 18.0 Å². The van der Waals surface area contributed by atoms with Crippen LogP contribution in [0.3, 0.4) is 0 Å². The number of hydrogen-bond acceptors (Lipinski definition) is 5. The number of carbonyl (C=O) groups is 1. The van der Waals surface area contributed by atoms with Crippen molar-refractivity contribution in [2.45, 2.75) is 6.61 Å². The highest BCUT2D eigenvalue weighted by atomic mass is 16.4. The SMILES string of the molecule is Nc1cccnc1-n1nc(CO)cc1C(=O)O. The van der Waals surface area contributed by atoms with Crippen molar-refractivity contribution in [1.29, 1.82) is 0 Å². The van der Waals surface area contributed by atoms with E-state index in [0.717, 1.165) is 4.68 Å². The number of hydrogen-bond donors (Lipinski definition) is 3. The Morgan fingerprint density at radius 3 is 2.88 bits per heavy atom. The van der Waals surface area contributed by atoms with Crippen molar-refractivity contribution < 1.29 is 15.0 Å². The summed E-state index contributed by atoms with van der Waals surface area (Å²) in [6.07, 6.45) is 1.48. The Balaban J connectivity index is 2.62. The van der Waals surface area contributed by atoms with Crippen LogP contribution < -0.4 is 5.73 Å². The zero-order valence-electron chi connectivity index (χ0n) is 8.74. The molecule has 2 rings (SSSR count). The first-order chi connectivity index (χ1) is 8.13. The second kappa shape index (κ2) is 4.22. The Morgan fingerprint density at radius 1 is 1.53 bits per heavy atom. The maximum atomic E-state index is 11.0. The van der Waals surface area contributed by atoms with Gasteiger partial charge in [-0.1, -0.05) is 0 Å². The highest BCUT2D eigenvalue weighted by molar-refractivity contribution is 5.86. The van der Waals surface area contributed by atoms with E-state index < -0.39 is 5.97 Å². The van der Waals surface area contributed by atoms with Gasteiger partial charge >= 0.3 is 5.97 Å². The van der Waals surface area contributed by atoms with Crippen LogP contribution in [0.4, 0.5) is 5.69 Å². The van der Waals surface area contributed by atoms with Gasteiger partial charge in [-0.15, -0.1) is 0 Å².